The SMILES string of the molecule is COc1cc(N2CCN(C(=O)CN3CCC(c4ccc(NC5CCC(=O)NC5=O)cc4)CC3)CC2)ccc1Nc1ncc(Cl)c(Nc2ccccc2OC(=O)N(C)C)n1. The quantitative estimate of drug-likeness (QED) is 0.133. The van der Waals surface area contributed by atoms with E-state index in [4.69, 9.17) is 21.1 Å². The molecule has 17 heteroatoms. The monoisotopic (exact) mass is 824 g/mol. The third kappa shape index (κ3) is 10.3. The summed E-state index contributed by atoms with van der Waals surface area (Å²) >= 11 is 6.46. The summed E-state index contributed by atoms with van der Waals surface area (Å²) in [6, 6.07) is 20.7. The maximum atomic E-state index is 13.4. The predicted molar refractivity (Wildman–Crippen MR) is 226 cm³/mol. The van der Waals surface area contributed by atoms with E-state index < -0.39 is 12.1 Å². The molecule has 4 N–H and O–H groups in total. The number of hydrogen-bond donors (Lipinski definition) is 4. The second-order valence-corrected chi connectivity index (χ2v) is 15.4. The minimum absolute atomic E-state index is 0.152. The molecule has 3 saturated heterocycles. The molecule has 59 heavy (non-hydrogen) atoms. The standard InChI is InChI=1S/C42H49ClN10O6/c1-50(2)42(57)59-35-7-5-4-6-32(35)46-39-31(43)25-44-41(49-39)47-33-13-12-30(24-36(33)58-3)52-20-22-53(23-21-52)38(55)26-51-18-16-28(17-19-51)27-8-10-29(11-9-27)45-34-14-15-37(54)48-40(34)56/h4-13,24-25,28,34,45H,14-23,26H2,1-3H3,(H,48,54,56)(H2,44,46,47,49). The number of rotatable bonds is 12. The van der Waals surface area contributed by atoms with Gasteiger partial charge in [-0.1, -0.05) is 35.9 Å². The molecule has 7 rings (SSSR count). The first-order valence-electron chi connectivity index (χ1n) is 19.7. The molecule has 3 fully saturated rings. The third-order valence-corrected chi connectivity index (χ3v) is 11.1. The lowest BCUT2D eigenvalue weighted by atomic mass is 9.89. The van der Waals surface area contributed by atoms with E-state index in [1.54, 1.807) is 45.5 Å². The zero-order valence-electron chi connectivity index (χ0n) is 33.4. The second kappa shape index (κ2) is 18.6. The van der Waals surface area contributed by atoms with Crippen LogP contribution in [0.15, 0.2) is 72.9 Å². The number of methoxy groups -OCH3 is 1. The molecule has 0 spiro atoms. The summed E-state index contributed by atoms with van der Waals surface area (Å²) in [5.41, 5.74) is 4.25. The Balaban J connectivity index is 0.878. The number of aromatic nitrogens is 2. The summed E-state index contributed by atoms with van der Waals surface area (Å²) in [6.07, 6.45) is 3.73. The number of imide groups is 1. The topological polar surface area (TPSA) is 174 Å². The Morgan fingerprint density at radius 2 is 1.63 bits per heavy atom. The van der Waals surface area contributed by atoms with Gasteiger partial charge in [0.05, 0.1) is 31.2 Å². The lowest BCUT2D eigenvalue weighted by molar-refractivity contribution is -0.134. The Hall–Kier alpha value is -6.13. The Morgan fingerprint density at radius 3 is 2.34 bits per heavy atom. The Bertz CT molecular complexity index is 2160. The van der Waals surface area contributed by atoms with Gasteiger partial charge in [-0.2, -0.15) is 4.98 Å². The second-order valence-electron chi connectivity index (χ2n) is 15.0. The summed E-state index contributed by atoms with van der Waals surface area (Å²) in [5.74, 6) is 1.57. The number of nitrogens with one attached hydrogen (secondary N) is 4. The highest BCUT2D eigenvalue weighted by Crippen LogP contribution is 2.35. The minimum Gasteiger partial charge on any atom is -0.494 e. The van der Waals surface area contributed by atoms with Gasteiger partial charge in [0.25, 0.3) is 0 Å². The number of anilines is 6. The lowest BCUT2D eigenvalue weighted by Gasteiger charge is -2.38. The van der Waals surface area contributed by atoms with Gasteiger partial charge in [-0.3, -0.25) is 24.6 Å². The van der Waals surface area contributed by atoms with Crippen molar-refractivity contribution in [3.8, 4) is 11.5 Å². The van der Waals surface area contributed by atoms with Gasteiger partial charge in [-0.05, 0) is 80.2 Å². The van der Waals surface area contributed by atoms with E-state index in [1.807, 2.05) is 35.2 Å². The normalized spacial score (nSPS) is 17.5. The van der Waals surface area contributed by atoms with Gasteiger partial charge in [0.1, 0.15) is 16.8 Å². The molecule has 4 amide bonds. The molecular formula is C42H49ClN10O6. The predicted octanol–water partition coefficient (Wildman–Crippen LogP) is 5.43. The highest BCUT2D eigenvalue weighted by atomic mass is 35.5. The number of halogens is 1. The van der Waals surface area contributed by atoms with Gasteiger partial charge in [0.2, 0.25) is 23.7 Å². The maximum Gasteiger partial charge on any atom is 0.414 e. The summed E-state index contributed by atoms with van der Waals surface area (Å²) < 4.78 is 11.2. The van der Waals surface area contributed by atoms with Crippen LogP contribution in [0, 0.1) is 0 Å². The number of piperazine rings is 1. The van der Waals surface area contributed by atoms with Crippen molar-refractivity contribution in [3.05, 3.63) is 83.5 Å². The minimum atomic E-state index is -0.519. The summed E-state index contributed by atoms with van der Waals surface area (Å²) in [6.45, 7) is 4.76. The number of nitrogens with zero attached hydrogens (tertiary/aromatic N) is 6. The van der Waals surface area contributed by atoms with Gasteiger partial charge >= 0.3 is 6.09 Å². The van der Waals surface area contributed by atoms with Crippen molar-refractivity contribution in [1.29, 1.82) is 0 Å². The molecule has 16 nitrogen and oxygen atoms in total. The molecule has 310 valence electrons. The highest BCUT2D eigenvalue weighted by molar-refractivity contribution is 6.33. The van der Waals surface area contributed by atoms with Crippen LogP contribution in [0.2, 0.25) is 5.02 Å². The zero-order valence-corrected chi connectivity index (χ0v) is 34.1. The average Bonchev–Trinajstić information content (AvgIpc) is 3.24. The maximum absolute atomic E-state index is 13.4. The number of likely N-dealkylation sites (tertiary alicyclic amines) is 1. The number of amides is 4. The molecule has 0 radical (unpaired) electrons. The van der Waals surface area contributed by atoms with Crippen LogP contribution in [-0.2, 0) is 14.4 Å². The van der Waals surface area contributed by atoms with Crippen molar-refractivity contribution in [3.63, 3.8) is 0 Å². The number of carbonyl (C=O) groups is 4. The van der Waals surface area contributed by atoms with Gasteiger partial charge in [-0.25, -0.2) is 9.78 Å². The Kier molecular flexibility index (Phi) is 13.0. The van der Waals surface area contributed by atoms with Crippen molar-refractivity contribution in [1.82, 2.24) is 30.0 Å². The van der Waals surface area contributed by atoms with E-state index >= 15 is 0 Å². The molecule has 1 unspecified atom stereocenters. The van der Waals surface area contributed by atoms with Crippen molar-refractivity contribution < 1.29 is 28.7 Å². The molecule has 4 heterocycles. The van der Waals surface area contributed by atoms with Crippen LogP contribution in [0.1, 0.15) is 37.2 Å². The average molecular weight is 825 g/mol. The first-order valence-corrected chi connectivity index (χ1v) is 20.1. The highest BCUT2D eigenvalue weighted by Gasteiger charge is 2.28. The molecule has 0 saturated carbocycles. The van der Waals surface area contributed by atoms with Crippen molar-refractivity contribution in [2.24, 2.45) is 0 Å². The molecule has 1 atom stereocenters. The summed E-state index contributed by atoms with van der Waals surface area (Å²) in [5, 5.41) is 12.3. The third-order valence-electron chi connectivity index (χ3n) is 10.8. The Morgan fingerprint density at radius 1 is 0.898 bits per heavy atom. The molecule has 0 aliphatic carbocycles. The van der Waals surface area contributed by atoms with E-state index in [2.05, 4.69) is 53.2 Å². The fourth-order valence-corrected chi connectivity index (χ4v) is 7.54. The molecule has 3 aliphatic rings. The summed E-state index contributed by atoms with van der Waals surface area (Å²) in [4.78, 5) is 65.9. The fourth-order valence-electron chi connectivity index (χ4n) is 7.40. The zero-order chi connectivity index (χ0) is 41.5. The number of benzene rings is 3. The first kappa shape index (κ1) is 41.0. The number of hydrogen-bond acceptors (Lipinski definition) is 13. The van der Waals surface area contributed by atoms with E-state index in [0.717, 1.165) is 37.3 Å². The molecule has 4 aromatic rings. The van der Waals surface area contributed by atoms with Crippen LogP contribution >= 0.6 is 11.6 Å². The van der Waals surface area contributed by atoms with E-state index in [1.165, 1.54) is 16.7 Å². The van der Waals surface area contributed by atoms with E-state index in [9.17, 15) is 19.2 Å². The van der Waals surface area contributed by atoms with Gasteiger partial charge < -0.3 is 40.1 Å². The number of carbonyl (C=O) groups excluding carboxylic acids is 4. The number of para-hydroxylation sites is 2. The van der Waals surface area contributed by atoms with Crippen LogP contribution in [0.25, 0.3) is 0 Å². The Labute approximate surface area is 348 Å². The first-order chi connectivity index (χ1) is 28.5. The lowest BCUT2D eigenvalue weighted by Crippen LogP contribution is -2.51. The number of ether oxygens (including phenoxy) is 2. The summed E-state index contributed by atoms with van der Waals surface area (Å²) in [7, 11) is 4.81. The van der Waals surface area contributed by atoms with Gasteiger partial charge in [-0.15, -0.1) is 0 Å². The van der Waals surface area contributed by atoms with Crippen molar-refractivity contribution >= 4 is 69.9 Å². The smallest absolute Gasteiger partial charge is 0.414 e. The van der Waals surface area contributed by atoms with Crippen molar-refractivity contribution in [2.75, 3.05) is 87.9 Å². The molecule has 3 aromatic carbocycles. The molecule has 1 aromatic heterocycles. The van der Waals surface area contributed by atoms with Crippen LogP contribution < -0.4 is 35.6 Å². The van der Waals surface area contributed by atoms with Gasteiger partial charge in [0, 0.05) is 64.1 Å². The van der Waals surface area contributed by atoms with Crippen LogP contribution in [0.4, 0.5) is 39.3 Å². The van der Waals surface area contributed by atoms with Crippen LogP contribution in [0.3, 0.4) is 0 Å². The molecule has 0 bridgehead atoms. The molecular weight excluding hydrogens is 776 g/mol. The van der Waals surface area contributed by atoms with Crippen LogP contribution in [0.5, 0.6) is 11.5 Å². The fraction of sp³-hybridized carbons (Fsp3) is 0.381. The van der Waals surface area contributed by atoms with E-state index in [0.29, 0.717) is 80.2 Å². The van der Waals surface area contributed by atoms with Gasteiger partial charge in [0.15, 0.2) is 11.6 Å². The van der Waals surface area contributed by atoms with E-state index in [-0.39, 0.29) is 28.7 Å². The largest absolute Gasteiger partial charge is 0.494 e. The van der Waals surface area contributed by atoms with Crippen molar-refractivity contribution in [2.45, 2.75) is 37.6 Å². The molecule has 3 aliphatic heterocycles. The van der Waals surface area contributed by atoms with Crippen LogP contribution in [-0.4, -0.2) is 122 Å². The number of piperidine rings is 2.